The van der Waals surface area contributed by atoms with Crippen LogP contribution in [0.15, 0.2) is 47.9 Å². The summed E-state index contributed by atoms with van der Waals surface area (Å²) >= 11 is 1.30. The predicted molar refractivity (Wildman–Crippen MR) is 76.8 cm³/mol. The van der Waals surface area contributed by atoms with E-state index in [1.54, 1.807) is 37.5 Å². The van der Waals surface area contributed by atoms with Crippen molar-refractivity contribution in [2.45, 2.75) is 17.3 Å². The second-order valence-electron chi connectivity index (χ2n) is 3.87. The Bertz CT molecular complexity index is 562. The molecule has 98 valence electrons. The van der Waals surface area contributed by atoms with Gasteiger partial charge < -0.3 is 11.1 Å². The van der Waals surface area contributed by atoms with Gasteiger partial charge in [-0.1, -0.05) is 23.9 Å². The number of aromatic nitrogens is 2. The zero-order valence-corrected chi connectivity index (χ0v) is 11.2. The molecule has 1 unspecified atom stereocenters. The first-order valence-corrected chi connectivity index (χ1v) is 6.64. The average Bonchev–Trinajstić information content (AvgIpc) is 2.42. The molecule has 0 aliphatic rings. The maximum atomic E-state index is 12.0. The van der Waals surface area contributed by atoms with E-state index in [4.69, 9.17) is 5.73 Å². The minimum Gasteiger partial charge on any atom is -0.397 e. The Balaban J connectivity index is 1.99. The highest BCUT2D eigenvalue weighted by Crippen LogP contribution is 2.22. The lowest BCUT2D eigenvalue weighted by molar-refractivity contribution is -0.115. The highest BCUT2D eigenvalue weighted by atomic mass is 32.2. The van der Waals surface area contributed by atoms with Gasteiger partial charge in [0.15, 0.2) is 5.16 Å². The van der Waals surface area contributed by atoms with Gasteiger partial charge in [0.05, 0.1) is 16.6 Å². The zero-order valence-electron chi connectivity index (χ0n) is 10.4. The number of nitrogens with zero attached hydrogens (tertiary/aromatic N) is 2. The predicted octanol–water partition coefficient (Wildman–Crippen LogP) is 2.18. The molecule has 3 N–H and O–H groups in total. The molecule has 1 amide bonds. The van der Waals surface area contributed by atoms with E-state index in [1.807, 2.05) is 12.1 Å². The number of hydrogen-bond acceptors (Lipinski definition) is 5. The van der Waals surface area contributed by atoms with E-state index >= 15 is 0 Å². The van der Waals surface area contributed by atoms with Gasteiger partial charge in [-0.25, -0.2) is 9.97 Å². The molecule has 19 heavy (non-hydrogen) atoms. The first-order valence-electron chi connectivity index (χ1n) is 5.76. The number of para-hydroxylation sites is 2. The van der Waals surface area contributed by atoms with Crippen molar-refractivity contribution in [1.82, 2.24) is 9.97 Å². The van der Waals surface area contributed by atoms with Gasteiger partial charge >= 0.3 is 0 Å². The largest absolute Gasteiger partial charge is 0.397 e. The van der Waals surface area contributed by atoms with Crippen LogP contribution in [-0.4, -0.2) is 21.1 Å². The number of nitrogens with two attached hydrogens (primary N) is 1. The summed E-state index contributed by atoms with van der Waals surface area (Å²) in [5, 5.41) is 3.06. The summed E-state index contributed by atoms with van der Waals surface area (Å²) in [6.07, 6.45) is 3.30. The van der Waals surface area contributed by atoms with E-state index in [0.717, 1.165) is 0 Å². The SMILES string of the molecule is CC(Sc1ncccn1)C(=O)Nc1ccccc1N. The molecule has 0 spiro atoms. The number of anilines is 2. The fraction of sp³-hybridized carbons (Fsp3) is 0.154. The Morgan fingerprint density at radius 2 is 1.95 bits per heavy atom. The smallest absolute Gasteiger partial charge is 0.237 e. The summed E-state index contributed by atoms with van der Waals surface area (Å²) in [5.74, 6) is -0.129. The fourth-order valence-corrected chi connectivity index (χ4v) is 2.13. The molecular formula is C13H14N4OS. The number of amides is 1. The molecule has 0 saturated heterocycles. The maximum Gasteiger partial charge on any atom is 0.237 e. The number of hydrogen-bond donors (Lipinski definition) is 2. The topological polar surface area (TPSA) is 80.9 Å². The van der Waals surface area contributed by atoms with Crippen LogP contribution >= 0.6 is 11.8 Å². The Kier molecular flexibility index (Phi) is 4.35. The third-order valence-electron chi connectivity index (χ3n) is 2.41. The first kappa shape index (κ1) is 13.4. The molecule has 0 bridgehead atoms. The highest BCUT2D eigenvalue weighted by Gasteiger charge is 2.16. The fourth-order valence-electron chi connectivity index (χ4n) is 1.40. The molecule has 1 aromatic heterocycles. The molecule has 0 aliphatic carbocycles. The lowest BCUT2D eigenvalue weighted by Gasteiger charge is -2.12. The highest BCUT2D eigenvalue weighted by molar-refractivity contribution is 8.00. The van der Waals surface area contributed by atoms with Crippen molar-refractivity contribution in [3.63, 3.8) is 0 Å². The van der Waals surface area contributed by atoms with Crippen molar-refractivity contribution in [3.05, 3.63) is 42.7 Å². The van der Waals surface area contributed by atoms with Crippen LogP contribution in [0.2, 0.25) is 0 Å². The van der Waals surface area contributed by atoms with Crippen LogP contribution in [0.25, 0.3) is 0 Å². The van der Waals surface area contributed by atoms with E-state index in [-0.39, 0.29) is 11.2 Å². The second-order valence-corrected chi connectivity index (χ2v) is 5.18. The summed E-state index contributed by atoms with van der Waals surface area (Å²) in [6, 6.07) is 8.89. The maximum absolute atomic E-state index is 12.0. The molecule has 1 atom stereocenters. The molecule has 0 radical (unpaired) electrons. The van der Waals surface area contributed by atoms with Crippen molar-refractivity contribution in [2.24, 2.45) is 0 Å². The quantitative estimate of drug-likeness (QED) is 0.507. The van der Waals surface area contributed by atoms with E-state index in [2.05, 4.69) is 15.3 Å². The van der Waals surface area contributed by atoms with Crippen molar-refractivity contribution in [3.8, 4) is 0 Å². The van der Waals surface area contributed by atoms with Gasteiger partial charge in [-0.3, -0.25) is 4.79 Å². The Labute approximate surface area is 115 Å². The van der Waals surface area contributed by atoms with Crippen LogP contribution in [0.3, 0.4) is 0 Å². The van der Waals surface area contributed by atoms with E-state index < -0.39 is 0 Å². The summed E-state index contributed by atoms with van der Waals surface area (Å²) in [7, 11) is 0. The molecule has 1 heterocycles. The van der Waals surface area contributed by atoms with E-state index in [0.29, 0.717) is 16.5 Å². The van der Waals surface area contributed by atoms with E-state index in [1.165, 1.54) is 11.8 Å². The first-order chi connectivity index (χ1) is 9.16. The standard InChI is InChI=1S/C13H14N4OS/c1-9(19-13-15-7-4-8-16-13)12(18)17-11-6-3-2-5-10(11)14/h2-9H,14H2,1H3,(H,17,18). The lowest BCUT2D eigenvalue weighted by Crippen LogP contribution is -2.23. The Morgan fingerprint density at radius 3 is 2.63 bits per heavy atom. The van der Waals surface area contributed by atoms with Crippen molar-refractivity contribution >= 4 is 29.0 Å². The van der Waals surface area contributed by atoms with Gasteiger partial charge in [-0.15, -0.1) is 0 Å². The second kappa shape index (κ2) is 6.19. The van der Waals surface area contributed by atoms with Crippen LogP contribution in [0.5, 0.6) is 0 Å². The number of benzene rings is 1. The number of carbonyl (C=O) groups is 1. The molecule has 1 aromatic carbocycles. The number of rotatable bonds is 4. The summed E-state index contributed by atoms with van der Waals surface area (Å²) in [6.45, 7) is 1.80. The molecule has 5 nitrogen and oxygen atoms in total. The molecule has 0 aliphatic heterocycles. The van der Waals surface area contributed by atoms with Gasteiger partial charge in [0.25, 0.3) is 0 Å². The summed E-state index contributed by atoms with van der Waals surface area (Å²) in [4.78, 5) is 20.2. The molecule has 6 heteroatoms. The minimum atomic E-state index is -0.304. The minimum absolute atomic E-state index is 0.129. The number of nitrogens with one attached hydrogen (secondary N) is 1. The van der Waals surface area contributed by atoms with Crippen molar-refractivity contribution in [2.75, 3.05) is 11.1 Å². The van der Waals surface area contributed by atoms with Gasteiger partial charge in [-0.2, -0.15) is 0 Å². The Hall–Kier alpha value is -2.08. The molecule has 0 fully saturated rings. The molecule has 2 aromatic rings. The Morgan fingerprint density at radius 1 is 1.26 bits per heavy atom. The third-order valence-corrected chi connectivity index (χ3v) is 3.40. The average molecular weight is 274 g/mol. The van der Waals surface area contributed by atoms with Gasteiger partial charge in [-0.05, 0) is 25.1 Å². The third kappa shape index (κ3) is 3.69. The van der Waals surface area contributed by atoms with Crippen LogP contribution < -0.4 is 11.1 Å². The summed E-state index contributed by atoms with van der Waals surface area (Å²) < 4.78 is 0. The monoisotopic (exact) mass is 274 g/mol. The molecule has 2 rings (SSSR count). The van der Waals surface area contributed by atoms with Crippen LogP contribution in [0.4, 0.5) is 11.4 Å². The van der Waals surface area contributed by atoms with Crippen molar-refractivity contribution in [1.29, 1.82) is 0 Å². The number of thioether (sulfide) groups is 1. The lowest BCUT2D eigenvalue weighted by atomic mass is 10.2. The van der Waals surface area contributed by atoms with Crippen molar-refractivity contribution < 1.29 is 4.79 Å². The van der Waals surface area contributed by atoms with E-state index in [9.17, 15) is 4.79 Å². The van der Waals surface area contributed by atoms with Gasteiger partial charge in [0.2, 0.25) is 5.91 Å². The zero-order chi connectivity index (χ0) is 13.7. The van der Waals surface area contributed by atoms with Crippen LogP contribution in [0, 0.1) is 0 Å². The number of nitrogen functional groups attached to an aromatic ring is 1. The molecular weight excluding hydrogens is 260 g/mol. The normalized spacial score (nSPS) is 11.8. The summed E-state index contributed by atoms with van der Waals surface area (Å²) in [5.41, 5.74) is 6.94. The molecule has 0 saturated carbocycles. The van der Waals surface area contributed by atoms with Gasteiger partial charge in [0.1, 0.15) is 0 Å². The van der Waals surface area contributed by atoms with Crippen LogP contribution in [0.1, 0.15) is 6.92 Å². The van der Waals surface area contributed by atoms with Gasteiger partial charge in [0, 0.05) is 12.4 Å². The van der Waals surface area contributed by atoms with Crippen LogP contribution in [-0.2, 0) is 4.79 Å². The number of carbonyl (C=O) groups excluding carboxylic acids is 1.